The molecular weight excluding hydrogens is 1400 g/mol. The van der Waals surface area contributed by atoms with Gasteiger partial charge in [0, 0.05) is 39.3 Å². The highest BCUT2D eigenvalue weighted by Gasteiger charge is 2.58. The Hall–Kier alpha value is -14.4. The first kappa shape index (κ1) is 69.5. The van der Waals surface area contributed by atoms with Crippen LogP contribution in [0, 0.1) is 0 Å². The minimum Gasteiger partial charge on any atom is -0.310 e. The molecule has 116 heavy (non-hydrogen) atoms. The molecule has 2 nitrogen and oxygen atoms in total. The van der Waals surface area contributed by atoms with Crippen molar-refractivity contribution < 1.29 is 0 Å². The molecule has 18 aromatic carbocycles. The fourth-order valence-corrected chi connectivity index (χ4v) is 20.5. The van der Waals surface area contributed by atoms with Crippen LogP contribution in [0.15, 0.2) is 461 Å². The van der Waals surface area contributed by atoms with E-state index in [2.05, 4.69) is 485 Å². The molecular formula is C114H82N2. The van der Waals surface area contributed by atoms with Gasteiger partial charge in [-0.3, -0.25) is 0 Å². The molecule has 0 N–H and O–H groups in total. The monoisotopic (exact) mass is 1480 g/mol. The second-order valence-corrected chi connectivity index (χ2v) is 31.6. The van der Waals surface area contributed by atoms with Crippen LogP contribution >= 0.6 is 0 Å². The van der Waals surface area contributed by atoms with E-state index in [0.29, 0.717) is 0 Å². The van der Waals surface area contributed by atoms with Gasteiger partial charge in [-0.25, -0.2) is 0 Å². The Bertz CT molecular complexity index is 6540. The minimum absolute atomic E-state index is 0.132. The first-order valence-corrected chi connectivity index (χ1v) is 40.5. The SMILES string of the molecule is CC1(C)c2ccccc2C2(c3ccccc3-c3c(N(c4ccccc4)c4ccc(-c5ccc(-c6ccccc6)cc5)cc4)cccc32)c2ccccc21.c1ccc(-c2ccc(-c3ccc(N(c4ccccc4)c4cccc5c4-c4ccccc4C54c5ccccc5C(c5ccccc5)(c5ccccc5)c5ccccc54)cc3)cc2)cc1. The highest BCUT2D eigenvalue weighted by molar-refractivity contribution is 6.01. The van der Waals surface area contributed by atoms with Crippen LogP contribution in [0.25, 0.3) is 66.8 Å². The van der Waals surface area contributed by atoms with Crippen molar-refractivity contribution in [3.63, 3.8) is 0 Å². The van der Waals surface area contributed by atoms with Gasteiger partial charge in [0.05, 0.1) is 27.6 Å². The van der Waals surface area contributed by atoms with Gasteiger partial charge in [0.25, 0.3) is 0 Å². The van der Waals surface area contributed by atoms with E-state index in [1.54, 1.807) is 0 Å². The highest BCUT2D eigenvalue weighted by atomic mass is 15.2. The summed E-state index contributed by atoms with van der Waals surface area (Å²) < 4.78 is 0. The molecule has 4 aliphatic carbocycles. The predicted molar refractivity (Wildman–Crippen MR) is 483 cm³/mol. The van der Waals surface area contributed by atoms with Crippen molar-refractivity contribution in [3.8, 4) is 66.8 Å². The number of fused-ring (bicyclic) bond motifs is 18. The molecule has 0 aromatic heterocycles. The third kappa shape index (κ3) is 10.8. The molecule has 0 fully saturated rings. The first-order valence-electron chi connectivity index (χ1n) is 40.5. The molecule has 0 atom stereocenters. The Morgan fingerprint density at radius 2 is 0.371 bits per heavy atom. The minimum atomic E-state index is -0.583. The van der Waals surface area contributed by atoms with Gasteiger partial charge in [0.2, 0.25) is 0 Å². The molecule has 22 rings (SSSR count). The molecule has 548 valence electrons. The van der Waals surface area contributed by atoms with Crippen LogP contribution in [0.1, 0.15) is 91.7 Å². The van der Waals surface area contributed by atoms with Gasteiger partial charge in [-0.1, -0.05) is 414 Å². The zero-order valence-electron chi connectivity index (χ0n) is 64.8. The number of rotatable bonds is 12. The Kier molecular flexibility index (Phi) is 17.0. The van der Waals surface area contributed by atoms with Gasteiger partial charge in [0.15, 0.2) is 0 Å². The number of anilines is 6. The van der Waals surface area contributed by atoms with E-state index in [0.717, 1.165) is 28.4 Å². The topological polar surface area (TPSA) is 6.48 Å². The number of hydrogen-bond donors (Lipinski definition) is 0. The Morgan fingerprint density at radius 1 is 0.155 bits per heavy atom. The average Bonchev–Trinajstić information content (AvgIpc) is 1.40. The van der Waals surface area contributed by atoms with Crippen LogP contribution in [-0.2, 0) is 21.7 Å². The van der Waals surface area contributed by atoms with E-state index in [9.17, 15) is 0 Å². The van der Waals surface area contributed by atoms with E-state index in [-0.39, 0.29) is 5.41 Å². The maximum atomic E-state index is 2.45. The summed E-state index contributed by atoms with van der Waals surface area (Å²) in [6, 6.07) is 170. The second-order valence-electron chi connectivity index (χ2n) is 31.6. The van der Waals surface area contributed by atoms with Crippen molar-refractivity contribution in [1.29, 1.82) is 0 Å². The van der Waals surface area contributed by atoms with Crippen LogP contribution < -0.4 is 9.80 Å². The molecule has 0 amide bonds. The zero-order chi connectivity index (χ0) is 77.4. The number of para-hydroxylation sites is 2. The molecule has 0 heterocycles. The number of nitrogens with zero attached hydrogens (tertiary/aromatic N) is 2. The van der Waals surface area contributed by atoms with Crippen LogP contribution in [0.3, 0.4) is 0 Å². The normalized spacial score (nSPS) is 13.9. The van der Waals surface area contributed by atoms with Crippen molar-refractivity contribution in [1.82, 2.24) is 0 Å². The standard InChI is InChI=1S/C62H43N.C52H39N/c1-5-20-44(21-6-1)45-36-38-46(39-37-45)47-40-42-51(43-41-47)63(50-26-11-4-12-27-50)59-35-19-34-58-60(59)52-28-13-14-29-53(52)62(58)56-32-17-15-30-54(56)61(48-22-7-2-8-23-48,49-24-9-3-10-25-49)55-31-16-18-33-57(55)62;1-51(2)44-22-11-13-24-46(44)52(47-25-14-12-23-45(47)51)43-21-10-9-20-42(43)50-48(52)26-15-27-49(50)53(40-18-7-4-8-19-40)41-34-32-39(33-35-41)38-30-28-37(29-31-38)36-16-5-3-6-17-36/h1-43H;3-35H,1-2H3. The fraction of sp³-hybridized carbons (Fsp3) is 0.0526. The summed E-state index contributed by atoms with van der Waals surface area (Å²) in [4.78, 5) is 4.90. The van der Waals surface area contributed by atoms with Crippen molar-refractivity contribution in [3.05, 3.63) is 539 Å². The van der Waals surface area contributed by atoms with Crippen molar-refractivity contribution in [2.45, 2.75) is 35.5 Å². The summed E-state index contributed by atoms with van der Waals surface area (Å²) in [5.41, 5.74) is 38.5. The van der Waals surface area contributed by atoms with E-state index in [4.69, 9.17) is 0 Å². The largest absolute Gasteiger partial charge is 0.310 e. The Morgan fingerprint density at radius 3 is 0.690 bits per heavy atom. The first-order chi connectivity index (χ1) is 57.3. The fourth-order valence-electron chi connectivity index (χ4n) is 20.5. The number of benzene rings is 18. The zero-order valence-corrected chi connectivity index (χ0v) is 64.8. The van der Waals surface area contributed by atoms with Gasteiger partial charge in [-0.05, 0) is 194 Å². The van der Waals surface area contributed by atoms with Crippen molar-refractivity contribution in [2.75, 3.05) is 9.80 Å². The maximum Gasteiger partial charge on any atom is 0.0720 e. The smallest absolute Gasteiger partial charge is 0.0720 e. The van der Waals surface area contributed by atoms with Gasteiger partial charge in [-0.15, -0.1) is 0 Å². The van der Waals surface area contributed by atoms with Gasteiger partial charge >= 0.3 is 0 Å². The highest BCUT2D eigenvalue weighted by Crippen LogP contribution is 2.68. The lowest BCUT2D eigenvalue weighted by Crippen LogP contribution is -2.44. The van der Waals surface area contributed by atoms with Crippen LogP contribution in [0.5, 0.6) is 0 Å². The lowest BCUT2D eigenvalue weighted by Gasteiger charge is -2.50. The quantitative estimate of drug-likeness (QED) is 0.120. The summed E-state index contributed by atoms with van der Waals surface area (Å²) in [6.45, 7) is 4.77. The van der Waals surface area contributed by atoms with Crippen LogP contribution in [-0.4, -0.2) is 0 Å². The number of hydrogen-bond acceptors (Lipinski definition) is 2. The maximum absolute atomic E-state index is 2.45. The van der Waals surface area contributed by atoms with E-state index in [1.807, 2.05) is 0 Å². The third-order valence-corrected chi connectivity index (χ3v) is 25.4. The van der Waals surface area contributed by atoms with Gasteiger partial charge in [-0.2, -0.15) is 0 Å². The van der Waals surface area contributed by atoms with E-state index < -0.39 is 16.2 Å². The molecule has 0 saturated carbocycles. The van der Waals surface area contributed by atoms with E-state index >= 15 is 0 Å². The molecule has 0 radical (unpaired) electrons. The van der Waals surface area contributed by atoms with Gasteiger partial charge in [0.1, 0.15) is 0 Å². The van der Waals surface area contributed by atoms with Crippen molar-refractivity contribution >= 4 is 34.1 Å². The molecule has 4 aliphatic rings. The summed E-state index contributed by atoms with van der Waals surface area (Å²) in [5, 5.41) is 0. The molecule has 0 bridgehead atoms. The molecule has 18 aromatic rings. The third-order valence-electron chi connectivity index (χ3n) is 25.4. The molecule has 0 saturated heterocycles. The Balaban J connectivity index is 0.000000147. The second kappa shape index (κ2) is 28.3. The van der Waals surface area contributed by atoms with Crippen LogP contribution in [0.4, 0.5) is 34.1 Å². The lowest BCUT2D eigenvalue weighted by molar-refractivity contribution is 0.563. The Labute approximate surface area is 680 Å². The summed E-state index contributed by atoms with van der Waals surface area (Å²) in [7, 11) is 0. The summed E-state index contributed by atoms with van der Waals surface area (Å²) >= 11 is 0. The average molecular weight is 1480 g/mol. The van der Waals surface area contributed by atoms with Crippen molar-refractivity contribution in [2.24, 2.45) is 0 Å². The predicted octanol–water partition coefficient (Wildman–Crippen LogP) is 29.0. The summed E-state index contributed by atoms with van der Waals surface area (Å²) in [6.07, 6.45) is 0. The molecule has 0 unspecified atom stereocenters. The van der Waals surface area contributed by atoms with Crippen LogP contribution in [0.2, 0.25) is 0 Å². The van der Waals surface area contributed by atoms with Gasteiger partial charge < -0.3 is 9.80 Å². The lowest BCUT2D eigenvalue weighted by atomic mass is 9.51. The molecule has 0 aliphatic heterocycles. The molecule has 2 heteroatoms. The summed E-state index contributed by atoms with van der Waals surface area (Å²) in [5.74, 6) is 0. The molecule has 2 spiro atoms. The van der Waals surface area contributed by atoms with E-state index in [1.165, 1.54) is 150 Å².